The van der Waals surface area contributed by atoms with Crippen molar-refractivity contribution in [2.45, 2.75) is 45.6 Å². The van der Waals surface area contributed by atoms with Gasteiger partial charge in [-0.3, -0.25) is 4.79 Å². The first-order valence-electron chi connectivity index (χ1n) is 4.88. The van der Waals surface area contributed by atoms with Gasteiger partial charge in [0, 0.05) is 11.6 Å². The van der Waals surface area contributed by atoms with E-state index in [0.717, 1.165) is 25.7 Å². The Morgan fingerprint density at radius 2 is 2.00 bits per heavy atom. The van der Waals surface area contributed by atoms with Gasteiger partial charge in [-0.2, -0.15) is 0 Å². The normalized spacial score (nSPS) is 14.2. The Labute approximate surface area is 80.2 Å². The van der Waals surface area contributed by atoms with Gasteiger partial charge in [-0.25, -0.2) is 0 Å². The Bertz CT molecular complexity index is 187. The van der Waals surface area contributed by atoms with Crippen molar-refractivity contribution in [1.82, 2.24) is 0 Å². The van der Waals surface area contributed by atoms with Gasteiger partial charge in [-0.1, -0.05) is 32.8 Å². The Morgan fingerprint density at radius 3 is 2.38 bits per heavy atom. The number of nitrogens with two attached hydrogens (primary N) is 2. The van der Waals surface area contributed by atoms with Gasteiger partial charge >= 0.3 is 0 Å². The van der Waals surface area contributed by atoms with E-state index in [-0.39, 0.29) is 11.9 Å². The van der Waals surface area contributed by atoms with Crippen molar-refractivity contribution in [3.05, 3.63) is 11.6 Å². The van der Waals surface area contributed by atoms with Gasteiger partial charge in [0.05, 0.1) is 0 Å². The maximum absolute atomic E-state index is 11.0. The summed E-state index contributed by atoms with van der Waals surface area (Å²) in [6.07, 6.45) is 5.53. The van der Waals surface area contributed by atoms with Crippen molar-refractivity contribution in [2.75, 3.05) is 0 Å². The molecule has 1 amide bonds. The maximum atomic E-state index is 11.0. The van der Waals surface area contributed by atoms with E-state index in [1.165, 1.54) is 0 Å². The molecule has 0 aromatic heterocycles. The van der Waals surface area contributed by atoms with Crippen molar-refractivity contribution >= 4 is 5.91 Å². The standard InChI is InChI=1S/C10H20N2O/c1-3-5-7-8(10(12)13)9(11)6-4-2/h7,9H,3-6,11H2,1-2H3,(H2,12,13). The lowest BCUT2D eigenvalue weighted by molar-refractivity contribution is -0.114. The van der Waals surface area contributed by atoms with Crippen LogP contribution in [0, 0.1) is 0 Å². The van der Waals surface area contributed by atoms with Gasteiger partial charge in [0.15, 0.2) is 0 Å². The quantitative estimate of drug-likeness (QED) is 0.611. The van der Waals surface area contributed by atoms with E-state index in [1.54, 1.807) is 0 Å². The first-order chi connectivity index (χ1) is 6.13. The van der Waals surface area contributed by atoms with Gasteiger partial charge in [-0.15, -0.1) is 0 Å². The number of unbranched alkanes of at least 4 members (excludes halogenated alkanes) is 1. The average Bonchev–Trinajstić information content (AvgIpc) is 2.05. The Balaban J connectivity index is 4.31. The number of carbonyl (C=O) groups is 1. The number of rotatable bonds is 6. The molecule has 4 N–H and O–H groups in total. The van der Waals surface area contributed by atoms with Gasteiger partial charge < -0.3 is 11.5 Å². The van der Waals surface area contributed by atoms with Gasteiger partial charge in [0.25, 0.3) is 0 Å². The lowest BCUT2D eigenvalue weighted by atomic mass is 10.0. The minimum atomic E-state index is -0.380. The van der Waals surface area contributed by atoms with Crippen LogP contribution >= 0.6 is 0 Å². The van der Waals surface area contributed by atoms with Crippen LogP contribution in [0.4, 0.5) is 0 Å². The van der Waals surface area contributed by atoms with Gasteiger partial charge in [0.2, 0.25) is 5.91 Å². The molecule has 0 radical (unpaired) electrons. The second kappa shape index (κ2) is 6.66. The van der Waals surface area contributed by atoms with Crippen LogP contribution in [-0.2, 0) is 4.79 Å². The fourth-order valence-electron chi connectivity index (χ4n) is 1.20. The Morgan fingerprint density at radius 1 is 1.38 bits per heavy atom. The molecule has 0 spiro atoms. The molecule has 0 aromatic rings. The molecule has 0 aromatic carbocycles. The molecule has 0 rings (SSSR count). The minimum absolute atomic E-state index is 0.186. The summed E-state index contributed by atoms with van der Waals surface area (Å²) in [6.45, 7) is 4.10. The molecule has 3 heteroatoms. The molecular weight excluding hydrogens is 164 g/mol. The number of allylic oxidation sites excluding steroid dienone is 1. The Hall–Kier alpha value is -0.830. The number of carbonyl (C=O) groups excluding carboxylic acids is 1. The zero-order chi connectivity index (χ0) is 10.3. The first-order valence-corrected chi connectivity index (χ1v) is 4.88. The highest BCUT2D eigenvalue weighted by molar-refractivity contribution is 5.93. The van der Waals surface area contributed by atoms with Crippen LogP contribution in [0.3, 0.4) is 0 Å². The summed E-state index contributed by atoms with van der Waals surface area (Å²) in [7, 11) is 0. The summed E-state index contributed by atoms with van der Waals surface area (Å²) in [4.78, 5) is 11.0. The average molecular weight is 184 g/mol. The van der Waals surface area contributed by atoms with Crippen molar-refractivity contribution in [1.29, 1.82) is 0 Å². The van der Waals surface area contributed by atoms with Crippen LogP contribution in [0.25, 0.3) is 0 Å². The lowest BCUT2D eigenvalue weighted by Crippen LogP contribution is -2.31. The molecule has 0 saturated heterocycles. The fourth-order valence-corrected chi connectivity index (χ4v) is 1.20. The number of hydrogen-bond acceptors (Lipinski definition) is 2. The predicted octanol–water partition coefficient (Wildman–Crippen LogP) is 1.33. The van der Waals surface area contributed by atoms with Crippen LogP contribution in [0.15, 0.2) is 11.6 Å². The second-order valence-electron chi connectivity index (χ2n) is 3.21. The van der Waals surface area contributed by atoms with E-state index in [4.69, 9.17) is 11.5 Å². The third kappa shape index (κ3) is 4.68. The summed E-state index contributed by atoms with van der Waals surface area (Å²) in [5, 5.41) is 0. The second-order valence-corrected chi connectivity index (χ2v) is 3.21. The largest absolute Gasteiger partial charge is 0.366 e. The number of amides is 1. The van der Waals surface area contributed by atoms with E-state index < -0.39 is 0 Å². The predicted molar refractivity (Wildman–Crippen MR) is 55.1 cm³/mol. The van der Waals surface area contributed by atoms with Crippen molar-refractivity contribution < 1.29 is 4.79 Å². The smallest absolute Gasteiger partial charge is 0.245 e. The lowest BCUT2D eigenvalue weighted by Gasteiger charge is -2.11. The minimum Gasteiger partial charge on any atom is -0.366 e. The summed E-state index contributed by atoms with van der Waals surface area (Å²) >= 11 is 0. The summed E-state index contributed by atoms with van der Waals surface area (Å²) < 4.78 is 0. The third-order valence-corrected chi connectivity index (χ3v) is 1.94. The third-order valence-electron chi connectivity index (χ3n) is 1.94. The summed E-state index contributed by atoms with van der Waals surface area (Å²) in [6, 6.07) is -0.186. The van der Waals surface area contributed by atoms with E-state index in [2.05, 4.69) is 6.92 Å². The molecule has 0 aliphatic heterocycles. The van der Waals surface area contributed by atoms with E-state index in [9.17, 15) is 4.79 Å². The van der Waals surface area contributed by atoms with Crippen molar-refractivity contribution in [3.63, 3.8) is 0 Å². The molecule has 1 unspecified atom stereocenters. The molecule has 0 fully saturated rings. The molecule has 0 aliphatic rings. The molecule has 0 aliphatic carbocycles. The topological polar surface area (TPSA) is 69.1 Å². The molecule has 0 saturated carbocycles. The van der Waals surface area contributed by atoms with E-state index in [1.807, 2.05) is 13.0 Å². The van der Waals surface area contributed by atoms with Gasteiger partial charge in [0.1, 0.15) is 0 Å². The fraction of sp³-hybridized carbons (Fsp3) is 0.700. The van der Waals surface area contributed by atoms with Crippen LogP contribution in [0.2, 0.25) is 0 Å². The van der Waals surface area contributed by atoms with E-state index >= 15 is 0 Å². The molecular formula is C10H20N2O. The van der Waals surface area contributed by atoms with Crippen LogP contribution < -0.4 is 11.5 Å². The zero-order valence-electron chi connectivity index (χ0n) is 8.55. The first kappa shape index (κ1) is 12.2. The van der Waals surface area contributed by atoms with Crippen LogP contribution in [0.5, 0.6) is 0 Å². The van der Waals surface area contributed by atoms with Crippen molar-refractivity contribution in [3.8, 4) is 0 Å². The summed E-state index contributed by atoms with van der Waals surface area (Å²) in [5.74, 6) is -0.380. The maximum Gasteiger partial charge on any atom is 0.245 e. The number of primary amides is 1. The molecule has 76 valence electrons. The Kier molecular flexibility index (Phi) is 6.24. The SMILES string of the molecule is CCCC=C(C(N)=O)C(N)CCC. The van der Waals surface area contributed by atoms with E-state index in [0.29, 0.717) is 5.57 Å². The van der Waals surface area contributed by atoms with Crippen LogP contribution in [-0.4, -0.2) is 11.9 Å². The van der Waals surface area contributed by atoms with Crippen LogP contribution in [0.1, 0.15) is 39.5 Å². The molecule has 3 nitrogen and oxygen atoms in total. The molecule has 0 heterocycles. The zero-order valence-corrected chi connectivity index (χ0v) is 8.55. The van der Waals surface area contributed by atoms with Gasteiger partial charge in [-0.05, 0) is 12.8 Å². The summed E-state index contributed by atoms with van der Waals surface area (Å²) in [5.41, 5.74) is 11.6. The van der Waals surface area contributed by atoms with Crippen molar-refractivity contribution in [2.24, 2.45) is 11.5 Å². The highest BCUT2D eigenvalue weighted by Gasteiger charge is 2.12. The monoisotopic (exact) mass is 184 g/mol. The molecule has 13 heavy (non-hydrogen) atoms. The highest BCUT2D eigenvalue weighted by atomic mass is 16.1. The highest BCUT2D eigenvalue weighted by Crippen LogP contribution is 2.07. The molecule has 1 atom stereocenters. The molecule has 0 bridgehead atoms. The number of hydrogen-bond donors (Lipinski definition) is 2.